The minimum atomic E-state index is -3.97. The molecule has 0 bridgehead atoms. The Hall–Kier alpha value is -2.19. The summed E-state index contributed by atoms with van der Waals surface area (Å²) in [6.07, 6.45) is 1.29. The zero-order valence-electron chi connectivity index (χ0n) is 10.5. The highest BCUT2D eigenvalue weighted by atomic mass is 32.2. The molecular formula is C12H14N2O5S. The first-order valence-corrected chi connectivity index (χ1v) is 6.95. The Kier molecular flexibility index (Phi) is 5.00. The van der Waals surface area contributed by atoms with Gasteiger partial charge in [0.2, 0.25) is 15.9 Å². The van der Waals surface area contributed by atoms with E-state index >= 15 is 0 Å². The molecule has 1 aromatic carbocycles. The first-order valence-electron chi connectivity index (χ1n) is 5.51. The fourth-order valence-electron chi connectivity index (χ4n) is 1.48. The van der Waals surface area contributed by atoms with E-state index in [1.165, 1.54) is 30.3 Å². The maximum Gasteiger partial charge on any atom is 0.318 e. The van der Waals surface area contributed by atoms with Gasteiger partial charge in [-0.25, -0.2) is 8.42 Å². The number of amides is 1. The summed E-state index contributed by atoms with van der Waals surface area (Å²) >= 11 is 0. The van der Waals surface area contributed by atoms with Crippen LogP contribution in [0, 0.1) is 0 Å². The first-order chi connectivity index (χ1) is 9.28. The number of primary amides is 1. The third kappa shape index (κ3) is 3.65. The van der Waals surface area contributed by atoms with E-state index in [1.54, 1.807) is 0 Å². The number of nitrogens with zero attached hydrogens (tertiary/aromatic N) is 1. The standard InChI is InChI=1S/C12H14N2O5S/c1-2-7-14(8-11(15)16)20(18,19)10-5-3-9(4-6-10)12(13)17/h2-6H,1,7-8H2,(H2,13,17)(H,15,16). The molecule has 1 amide bonds. The average Bonchev–Trinajstić information content (AvgIpc) is 2.37. The molecule has 0 saturated carbocycles. The molecule has 0 spiro atoms. The van der Waals surface area contributed by atoms with Gasteiger partial charge in [0.25, 0.3) is 0 Å². The van der Waals surface area contributed by atoms with E-state index in [0.717, 1.165) is 4.31 Å². The van der Waals surface area contributed by atoms with Crippen molar-refractivity contribution in [1.29, 1.82) is 0 Å². The summed E-state index contributed by atoms with van der Waals surface area (Å²) < 4.78 is 25.2. The van der Waals surface area contributed by atoms with Crippen LogP contribution < -0.4 is 5.73 Å². The van der Waals surface area contributed by atoms with E-state index in [2.05, 4.69) is 6.58 Å². The molecule has 20 heavy (non-hydrogen) atoms. The van der Waals surface area contributed by atoms with Gasteiger partial charge in [-0.3, -0.25) is 9.59 Å². The Morgan fingerprint density at radius 1 is 1.30 bits per heavy atom. The van der Waals surface area contributed by atoms with Crippen LogP contribution in [-0.2, 0) is 14.8 Å². The van der Waals surface area contributed by atoms with Crippen LogP contribution in [0.25, 0.3) is 0 Å². The largest absolute Gasteiger partial charge is 0.480 e. The van der Waals surface area contributed by atoms with Crippen LogP contribution in [0.5, 0.6) is 0 Å². The van der Waals surface area contributed by atoms with Gasteiger partial charge in [-0.15, -0.1) is 6.58 Å². The quantitative estimate of drug-likeness (QED) is 0.689. The third-order valence-corrected chi connectivity index (χ3v) is 4.25. The van der Waals surface area contributed by atoms with Gasteiger partial charge in [-0.2, -0.15) is 4.31 Å². The number of carbonyl (C=O) groups is 2. The molecule has 3 N–H and O–H groups in total. The second-order valence-electron chi connectivity index (χ2n) is 3.87. The lowest BCUT2D eigenvalue weighted by Crippen LogP contribution is -2.35. The van der Waals surface area contributed by atoms with E-state index in [4.69, 9.17) is 10.8 Å². The van der Waals surface area contributed by atoms with E-state index < -0.39 is 28.4 Å². The van der Waals surface area contributed by atoms with Gasteiger partial charge >= 0.3 is 5.97 Å². The second kappa shape index (κ2) is 6.31. The molecule has 0 fully saturated rings. The molecule has 8 heteroatoms. The van der Waals surface area contributed by atoms with Crippen molar-refractivity contribution < 1.29 is 23.1 Å². The van der Waals surface area contributed by atoms with Crippen LogP contribution in [0.15, 0.2) is 41.8 Å². The lowest BCUT2D eigenvalue weighted by molar-refractivity contribution is -0.137. The van der Waals surface area contributed by atoms with Crippen LogP contribution in [-0.4, -0.2) is 42.8 Å². The maximum atomic E-state index is 12.2. The predicted octanol–water partition coefficient (Wildman–Crippen LogP) is 0.0468. The fraction of sp³-hybridized carbons (Fsp3) is 0.167. The van der Waals surface area contributed by atoms with Crippen LogP contribution >= 0.6 is 0 Å². The summed E-state index contributed by atoms with van der Waals surface area (Å²) in [5.41, 5.74) is 5.22. The molecule has 1 rings (SSSR count). The summed E-state index contributed by atoms with van der Waals surface area (Å²) in [7, 11) is -3.97. The number of benzene rings is 1. The fourth-order valence-corrected chi connectivity index (χ4v) is 2.84. The van der Waals surface area contributed by atoms with Crippen molar-refractivity contribution in [1.82, 2.24) is 4.31 Å². The Labute approximate surface area is 116 Å². The Morgan fingerprint density at radius 2 is 1.85 bits per heavy atom. The molecule has 0 aliphatic rings. The van der Waals surface area contributed by atoms with Gasteiger partial charge in [0.05, 0.1) is 4.90 Å². The molecule has 1 aromatic rings. The average molecular weight is 298 g/mol. The van der Waals surface area contributed by atoms with Crippen molar-refractivity contribution in [2.24, 2.45) is 5.73 Å². The normalized spacial score (nSPS) is 11.2. The molecular weight excluding hydrogens is 284 g/mol. The molecule has 0 atom stereocenters. The number of aliphatic carboxylic acids is 1. The molecule has 0 aliphatic heterocycles. The predicted molar refractivity (Wildman–Crippen MR) is 71.6 cm³/mol. The number of carboxylic acid groups (broad SMARTS) is 1. The molecule has 0 aliphatic carbocycles. The van der Waals surface area contributed by atoms with Gasteiger partial charge in [-0.05, 0) is 24.3 Å². The number of hydrogen-bond acceptors (Lipinski definition) is 4. The monoisotopic (exact) mass is 298 g/mol. The van der Waals surface area contributed by atoms with Gasteiger partial charge in [0, 0.05) is 12.1 Å². The lowest BCUT2D eigenvalue weighted by Gasteiger charge is -2.18. The minimum Gasteiger partial charge on any atom is -0.480 e. The molecule has 0 aromatic heterocycles. The zero-order valence-corrected chi connectivity index (χ0v) is 11.3. The topological polar surface area (TPSA) is 118 Å². The summed E-state index contributed by atoms with van der Waals surface area (Å²) in [6.45, 7) is 2.58. The molecule has 0 heterocycles. The summed E-state index contributed by atoms with van der Waals surface area (Å²) in [5.74, 6) is -1.95. The van der Waals surface area contributed by atoms with Crippen molar-refractivity contribution in [2.75, 3.05) is 13.1 Å². The van der Waals surface area contributed by atoms with Crippen LogP contribution in [0.2, 0.25) is 0 Å². The number of sulfonamides is 1. The zero-order chi connectivity index (χ0) is 15.3. The van der Waals surface area contributed by atoms with E-state index in [1.807, 2.05) is 0 Å². The highest BCUT2D eigenvalue weighted by Gasteiger charge is 2.25. The Bertz CT molecular complexity index is 622. The van der Waals surface area contributed by atoms with Crippen LogP contribution in [0.1, 0.15) is 10.4 Å². The SMILES string of the molecule is C=CCN(CC(=O)O)S(=O)(=O)c1ccc(C(N)=O)cc1. The van der Waals surface area contributed by atoms with Crippen molar-refractivity contribution in [3.05, 3.63) is 42.5 Å². The molecule has 0 unspecified atom stereocenters. The highest BCUT2D eigenvalue weighted by molar-refractivity contribution is 7.89. The summed E-state index contributed by atoms with van der Waals surface area (Å²) in [5, 5.41) is 8.74. The number of hydrogen-bond donors (Lipinski definition) is 2. The number of carbonyl (C=O) groups excluding carboxylic acids is 1. The van der Waals surface area contributed by atoms with E-state index in [0.29, 0.717) is 0 Å². The summed E-state index contributed by atoms with van der Waals surface area (Å²) in [4.78, 5) is 21.5. The Morgan fingerprint density at radius 3 is 2.25 bits per heavy atom. The summed E-state index contributed by atoms with van der Waals surface area (Å²) in [6, 6.07) is 4.94. The maximum absolute atomic E-state index is 12.2. The number of carboxylic acids is 1. The second-order valence-corrected chi connectivity index (χ2v) is 5.81. The van der Waals surface area contributed by atoms with Crippen molar-refractivity contribution >= 4 is 21.9 Å². The minimum absolute atomic E-state index is 0.120. The van der Waals surface area contributed by atoms with Crippen molar-refractivity contribution in [3.8, 4) is 0 Å². The molecule has 7 nitrogen and oxygen atoms in total. The molecule has 0 saturated heterocycles. The van der Waals surface area contributed by atoms with Gasteiger partial charge in [-0.1, -0.05) is 6.08 Å². The smallest absolute Gasteiger partial charge is 0.318 e. The first kappa shape index (κ1) is 15.9. The van der Waals surface area contributed by atoms with E-state index in [9.17, 15) is 18.0 Å². The Balaban J connectivity index is 3.15. The van der Waals surface area contributed by atoms with E-state index in [-0.39, 0.29) is 17.0 Å². The van der Waals surface area contributed by atoms with Crippen molar-refractivity contribution in [2.45, 2.75) is 4.90 Å². The van der Waals surface area contributed by atoms with Crippen molar-refractivity contribution in [3.63, 3.8) is 0 Å². The van der Waals surface area contributed by atoms with Gasteiger partial charge in [0.15, 0.2) is 0 Å². The third-order valence-electron chi connectivity index (χ3n) is 2.42. The van der Waals surface area contributed by atoms with Crippen LogP contribution in [0.4, 0.5) is 0 Å². The molecule has 0 radical (unpaired) electrons. The van der Waals surface area contributed by atoms with Gasteiger partial charge < -0.3 is 10.8 Å². The number of rotatable bonds is 7. The van der Waals surface area contributed by atoms with Crippen LogP contribution in [0.3, 0.4) is 0 Å². The number of nitrogens with two attached hydrogens (primary N) is 1. The highest BCUT2D eigenvalue weighted by Crippen LogP contribution is 2.16. The van der Waals surface area contributed by atoms with Gasteiger partial charge in [0.1, 0.15) is 6.54 Å². The molecule has 108 valence electrons. The lowest BCUT2D eigenvalue weighted by atomic mass is 10.2.